The van der Waals surface area contributed by atoms with Crippen LogP contribution in [-0.4, -0.2) is 7.32 Å². The normalized spacial score (nSPS) is 12.0. The molecule has 1 unspecified atom stereocenters. The van der Waals surface area contributed by atoms with Gasteiger partial charge in [0, 0.05) is 0 Å². The van der Waals surface area contributed by atoms with Gasteiger partial charge < -0.3 is 14.0 Å². The topological polar surface area (TPSA) is 27.7 Å². The van der Waals surface area contributed by atoms with Crippen molar-refractivity contribution in [1.82, 2.24) is 0 Å². The zero-order chi connectivity index (χ0) is 32.4. The lowest BCUT2D eigenvalue weighted by atomic mass is 9.92. The Morgan fingerprint density at radius 2 is 1.07 bits per heavy atom. The minimum atomic E-state index is -0.930. The average molecular weight is 607 g/mol. The van der Waals surface area contributed by atoms with E-state index in [9.17, 15) is 0 Å². The quantitative estimate of drug-likeness (QED) is 0.115. The molecular formula is C42H43BO3. The Morgan fingerprint density at radius 3 is 1.61 bits per heavy atom. The van der Waals surface area contributed by atoms with Crippen LogP contribution in [0.1, 0.15) is 64.8 Å². The number of rotatable bonds is 10. The van der Waals surface area contributed by atoms with Gasteiger partial charge in [-0.2, -0.15) is 0 Å². The molecule has 0 bridgehead atoms. The predicted octanol–water partition coefficient (Wildman–Crippen LogP) is 11.5. The van der Waals surface area contributed by atoms with Crippen molar-refractivity contribution in [2.24, 2.45) is 0 Å². The Balaban J connectivity index is 1.35. The Morgan fingerprint density at radius 1 is 0.565 bits per heavy atom. The van der Waals surface area contributed by atoms with Crippen LogP contribution < -0.4 is 9.31 Å². The molecule has 0 radical (unpaired) electrons. The van der Waals surface area contributed by atoms with Crippen LogP contribution in [0.15, 0.2) is 103 Å². The largest absolute Gasteiger partial charge is 0.788 e. The van der Waals surface area contributed by atoms with E-state index in [1.54, 1.807) is 0 Å². The van der Waals surface area contributed by atoms with E-state index < -0.39 is 7.32 Å². The van der Waals surface area contributed by atoms with Crippen LogP contribution in [0.2, 0.25) is 0 Å². The molecule has 3 nitrogen and oxygen atoms in total. The third-order valence-electron chi connectivity index (χ3n) is 8.83. The molecule has 0 saturated heterocycles. The molecule has 0 aliphatic heterocycles. The Hall–Kier alpha value is -4.54. The second kappa shape index (κ2) is 13.4. The van der Waals surface area contributed by atoms with Crippen LogP contribution in [0.4, 0.5) is 0 Å². The highest BCUT2D eigenvalue weighted by molar-refractivity contribution is 6.38. The van der Waals surface area contributed by atoms with E-state index in [0.717, 1.165) is 52.2 Å². The second-order valence-corrected chi connectivity index (χ2v) is 12.7. The molecule has 6 rings (SSSR count). The lowest BCUT2D eigenvalue weighted by Gasteiger charge is -2.25. The van der Waals surface area contributed by atoms with Crippen molar-refractivity contribution in [3.8, 4) is 22.6 Å². The minimum Gasteiger partial charge on any atom is -0.500 e. The highest BCUT2D eigenvalue weighted by Gasteiger charge is 2.34. The summed E-state index contributed by atoms with van der Waals surface area (Å²) in [6, 6.07) is 37.0. The molecule has 1 atom stereocenters. The molecule has 0 fully saturated rings. The fourth-order valence-electron chi connectivity index (χ4n) is 6.86. The molecule has 0 spiro atoms. The number of aryl methyl sites for hydroxylation is 6. The maximum absolute atomic E-state index is 6.79. The molecule has 0 saturated carbocycles. The molecule has 0 aliphatic rings. The van der Waals surface area contributed by atoms with Gasteiger partial charge in [-0.25, -0.2) is 0 Å². The van der Waals surface area contributed by atoms with Gasteiger partial charge in [-0.05, 0) is 115 Å². The Kier molecular flexibility index (Phi) is 9.19. The molecule has 6 aromatic carbocycles. The van der Waals surface area contributed by atoms with Gasteiger partial charge in [0.1, 0.15) is 11.5 Å². The predicted molar refractivity (Wildman–Crippen MR) is 194 cm³/mol. The van der Waals surface area contributed by atoms with Gasteiger partial charge in [-0.15, -0.1) is 0 Å². The molecule has 0 N–H and O–H groups in total. The molecule has 0 heterocycles. The lowest BCUT2D eigenvalue weighted by molar-refractivity contribution is 0.121. The number of hydrogen-bond donors (Lipinski definition) is 0. The van der Waals surface area contributed by atoms with Crippen molar-refractivity contribution in [3.63, 3.8) is 0 Å². The van der Waals surface area contributed by atoms with Crippen LogP contribution in [0.3, 0.4) is 0 Å². The van der Waals surface area contributed by atoms with E-state index in [4.69, 9.17) is 14.0 Å². The summed E-state index contributed by atoms with van der Waals surface area (Å²) in [6.07, 6.45) is 1.58. The fourth-order valence-corrected chi connectivity index (χ4v) is 6.86. The first-order valence-corrected chi connectivity index (χ1v) is 16.4. The van der Waals surface area contributed by atoms with Crippen molar-refractivity contribution in [3.05, 3.63) is 142 Å². The summed E-state index contributed by atoms with van der Waals surface area (Å²) in [7, 11) is -0.930. The van der Waals surface area contributed by atoms with E-state index in [0.29, 0.717) is 0 Å². The van der Waals surface area contributed by atoms with E-state index in [1.807, 2.05) is 0 Å². The van der Waals surface area contributed by atoms with Crippen molar-refractivity contribution in [2.75, 3.05) is 0 Å². The van der Waals surface area contributed by atoms with Gasteiger partial charge >= 0.3 is 7.32 Å². The molecule has 4 heteroatoms. The van der Waals surface area contributed by atoms with Crippen LogP contribution in [0.25, 0.3) is 32.7 Å². The van der Waals surface area contributed by atoms with Crippen LogP contribution >= 0.6 is 0 Å². The van der Waals surface area contributed by atoms with Gasteiger partial charge in [0.2, 0.25) is 0 Å². The van der Waals surface area contributed by atoms with Gasteiger partial charge in [0.25, 0.3) is 0 Å². The van der Waals surface area contributed by atoms with Crippen LogP contribution in [0.5, 0.6) is 11.5 Å². The molecule has 0 amide bonds. The lowest BCUT2D eigenvalue weighted by Crippen LogP contribution is -2.36. The third kappa shape index (κ3) is 6.54. The molecule has 232 valence electrons. The van der Waals surface area contributed by atoms with E-state index >= 15 is 0 Å². The van der Waals surface area contributed by atoms with E-state index in [2.05, 4.69) is 152 Å². The highest BCUT2D eigenvalue weighted by Crippen LogP contribution is 2.37. The molecule has 0 aliphatic carbocycles. The smallest absolute Gasteiger partial charge is 0.500 e. The maximum atomic E-state index is 6.79. The van der Waals surface area contributed by atoms with Gasteiger partial charge in [-0.3, -0.25) is 0 Å². The summed E-state index contributed by atoms with van der Waals surface area (Å²) in [4.78, 5) is 0. The summed E-state index contributed by atoms with van der Waals surface area (Å²) in [5.41, 5.74) is 10.2. The summed E-state index contributed by atoms with van der Waals surface area (Å²) in [5.74, 6) is 1.60. The summed E-state index contributed by atoms with van der Waals surface area (Å²) < 4.78 is 20.0. The molecule has 0 aromatic heterocycles. The zero-order valence-corrected chi connectivity index (χ0v) is 28.1. The first-order chi connectivity index (χ1) is 22.2. The zero-order valence-electron chi connectivity index (χ0n) is 28.1. The molecular weight excluding hydrogens is 563 g/mol. The number of fused-ring (bicyclic) bond motifs is 3. The van der Waals surface area contributed by atoms with Crippen molar-refractivity contribution in [2.45, 2.75) is 67.4 Å². The standard InChI is InChI=1S/C42H43BO3/c1-8-13-40(34-20-18-33(19-21-34)39-26-35-14-9-10-15-36(35)37-16-11-12-17-38(37)39)44-43(45-41-29(4)22-27(2)23-30(41)5)46-42-31(6)24-28(3)25-32(42)7/h9-12,14-26,40H,8,13H2,1-7H3. The average Bonchev–Trinajstić information content (AvgIpc) is 3.03. The van der Waals surface area contributed by atoms with Crippen molar-refractivity contribution in [1.29, 1.82) is 0 Å². The SMILES string of the molecule is CCCC(OB(Oc1c(C)cc(C)cc1C)Oc1c(C)cc(C)cc1C)c1ccc(-c2cc3ccccc3c3ccccc23)cc1. The Bertz CT molecular complexity index is 1910. The van der Waals surface area contributed by atoms with Crippen LogP contribution in [0, 0.1) is 41.5 Å². The monoisotopic (exact) mass is 606 g/mol. The van der Waals surface area contributed by atoms with E-state index in [1.165, 1.54) is 43.8 Å². The second-order valence-electron chi connectivity index (χ2n) is 12.7. The fraction of sp³-hybridized carbons (Fsp3) is 0.238. The number of hydrogen-bond acceptors (Lipinski definition) is 3. The summed E-state index contributed by atoms with van der Waals surface area (Å²) >= 11 is 0. The maximum Gasteiger partial charge on any atom is 0.788 e. The number of benzene rings is 6. The van der Waals surface area contributed by atoms with Crippen molar-refractivity contribution >= 4 is 28.9 Å². The van der Waals surface area contributed by atoms with Gasteiger partial charge in [0.05, 0.1) is 6.10 Å². The van der Waals surface area contributed by atoms with Crippen molar-refractivity contribution < 1.29 is 14.0 Å². The Labute approximate surface area is 274 Å². The highest BCUT2D eigenvalue weighted by atomic mass is 16.7. The summed E-state index contributed by atoms with van der Waals surface area (Å²) in [6.45, 7) is 14.7. The van der Waals surface area contributed by atoms with E-state index in [-0.39, 0.29) is 6.10 Å². The summed E-state index contributed by atoms with van der Waals surface area (Å²) in [5, 5.41) is 5.05. The first kappa shape index (κ1) is 31.4. The van der Waals surface area contributed by atoms with Gasteiger partial charge in [-0.1, -0.05) is 122 Å². The van der Waals surface area contributed by atoms with Gasteiger partial charge in [0.15, 0.2) is 0 Å². The molecule has 6 aromatic rings. The minimum absolute atomic E-state index is 0.213. The first-order valence-electron chi connectivity index (χ1n) is 16.4. The third-order valence-corrected chi connectivity index (χ3v) is 8.83. The molecule has 46 heavy (non-hydrogen) atoms. The van der Waals surface area contributed by atoms with Crippen LogP contribution in [-0.2, 0) is 4.65 Å².